The fourth-order valence-corrected chi connectivity index (χ4v) is 4.41. The highest BCUT2D eigenvalue weighted by Gasteiger charge is 2.20. The number of halogens is 1. The van der Waals surface area contributed by atoms with Crippen LogP contribution >= 0.6 is 11.6 Å². The van der Waals surface area contributed by atoms with Gasteiger partial charge in [-0.2, -0.15) is 0 Å². The predicted octanol–water partition coefficient (Wildman–Crippen LogP) is 8.09. The average Bonchev–Trinajstić information content (AvgIpc) is 2.79. The van der Waals surface area contributed by atoms with Crippen molar-refractivity contribution in [2.24, 2.45) is 0 Å². The van der Waals surface area contributed by atoms with Gasteiger partial charge in [-0.05, 0) is 63.9 Å². The van der Waals surface area contributed by atoms with Gasteiger partial charge in [-0.3, -0.25) is 0 Å². The molecule has 0 unspecified atom stereocenters. The van der Waals surface area contributed by atoms with Crippen molar-refractivity contribution in [3.63, 3.8) is 0 Å². The maximum atomic E-state index is 6.53. The molecule has 0 atom stereocenters. The Morgan fingerprint density at radius 1 is 0.903 bits per heavy atom. The lowest BCUT2D eigenvalue weighted by Gasteiger charge is -2.22. The molecule has 31 heavy (non-hydrogen) atoms. The molecule has 0 bridgehead atoms. The lowest BCUT2D eigenvalue weighted by molar-refractivity contribution is 0.305. The Morgan fingerprint density at radius 2 is 1.65 bits per heavy atom. The molecule has 0 fully saturated rings. The van der Waals surface area contributed by atoms with Crippen LogP contribution in [0.15, 0.2) is 73.3 Å². The highest BCUT2D eigenvalue weighted by Crippen LogP contribution is 2.39. The van der Waals surface area contributed by atoms with Gasteiger partial charge in [0.05, 0.1) is 0 Å². The minimum atomic E-state index is 0.554. The number of ether oxygens (including phenoxy) is 1. The molecule has 158 valence electrons. The third-order valence-corrected chi connectivity index (χ3v) is 6.29. The van der Waals surface area contributed by atoms with Crippen molar-refractivity contribution in [1.82, 2.24) is 0 Å². The van der Waals surface area contributed by atoms with Crippen molar-refractivity contribution in [2.45, 2.75) is 46.1 Å². The van der Waals surface area contributed by atoms with Gasteiger partial charge in [0, 0.05) is 17.0 Å². The van der Waals surface area contributed by atoms with Gasteiger partial charge in [0.1, 0.15) is 12.4 Å². The molecule has 0 radical (unpaired) electrons. The van der Waals surface area contributed by atoms with E-state index >= 15 is 0 Å². The Kier molecular flexibility index (Phi) is 6.63. The Balaban J connectivity index is 1.65. The highest BCUT2D eigenvalue weighted by molar-refractivity contribution is 6.31. The second-order valence-corrected chi connectivity index (χ2v) is 8.58. The maximum absolute atomic E-state index is 6.53. The van der Waals surface area contributed by atoms with Crippen molar-refractivity contribution < 1.29 is 4.74 Å². The Morgan fingerprint density at radius 3 is 2.39 bits per heavy atom. The largest absolute Gasteiger partial charge is 0.488 e. The number of fused-ring (bicyclic) bond motifs is 1. The highest BCUT2D eigenvalue weighted by atomic mass is 35.5. The number of hydrogen-bond acceptors (Lipinski definition) is 1. The summed E-state index contributed by atoms with van der Waals surface area (Å²) in [4.78, 5) is 0. The van der Waals surface area contributed by atoms with E-state index in [4.69, 9.17) is 16.3 Å². The van der Waals surface area contributed by atoms with Crippen molar-refractivity contribution in [3.05, 3.63) is 112 Å². The van der Waals surface area contributed by atoms with Crippen molar-refractivity contribution in [3.8, 4) is 5.75 Å². The van der Waals surface area contributed by atoms with Gasteiger partial charge in [-0.15, -0.1) is 0 Å². The Bertz CT molecular complexity index is 1120. The van der Waals surface area contributed by atoms with Gasteiger partial charge in [-0.25, -0.2) is 0 Å². The summed E-state index contributed by atoms with van der Waals surface area (Å²) in [6, 6.07) is 21.3. The van der Waals surface area contributed by atoms with E-state index in [0.717, 1.165) is 58.7 Å². The zero-order valence-corrected chi connectivity index (χ0v) is 19.1. The number of allylic oxidation sites excluding steroid dienone is 3. The van der Waals surface area contributed by atoms with Crippen LogP contribution in [0.4, 0.5) is 0 Å². The van der Waals surface area contributed by atoms with Crippen LogP contribution in [0.2, 0.25) is 5.02 Å². The molecule has 0 heterocycles. The molecule has 0 aliphatic heterocycles. The summed E-state index contributed by atoms with van der Waals surface area (Å²) in [5.41, 5.74) is 9.42. The normalized spacial score (nSPS) is 13.0. The van der Waals surface area contributed by atoms with Gasteiger partial charge < -0.3 is 4.74 Å². The number of rotatable bonds is 7. The first-order valence-corrected chi connectivity index (χ1v) is 11.5. The SMILES string of the molecule is C=C1C=C(c2ccc(CCC)cc2OCc2ccc(CC)cc2)Cc2c(Cl)cccc21. The molecule has 0 saturated heterocycles. The third-order valence-electron chi connectivity index (χ3n) is 5.94. The van der Waals surface area contributed by atoms with Gasteiger partial charge in [0.15, 0.2) is 0 Å². The van der Waals surface area contributed by atoms with E-state index in [1.165, 1.54) is 22.3 Å². The van der Waals surface area contributed by atoms with Crippen LogP contribution in [0.1, 0.15) is 53.6 Å². The third kappa shape index (κ3) is 4.78. The standard InChI is InChI=1S/C29H29ClO/c1-4-7-22-14-15-26(24-16-20(3)25-8-6-9-28(30)27(25)18-24)29(17-22)31-19-23-12-10-21(5-2)11-13-23/h6,8-17H,3-5,7,18-19H2,1-2H3. The van der Waals surface area contributed by atoms with E-state index in [1.54, 1.807) is 0 Å². The van der Waals surface area contributed by atoms with Gasteiger partial charge in [0.25, 0.3) is 0 Å². The molecule has 1 aliphatic rings. The summed E-state index contributed by atoms with van der Waals surface area (Å²) in [5, 5.41) is 0.797. The molecule has 0 spiro atoms. The summed E-state index contributed by atoms with van der Waals surface area (Å²) < 4.78 is 6.39. The van der Waals surface area contributed by atoms with Crippen molar-refractivity contribution >= 4 is 22.7 Å². The molecular weight excluding hydrogens is 400 g/mol. The topological polar surface area (TPSA) is 9.23 Å². The summed E-state index contributed by atoms with van der Waals surface area (Å²) in [7, 11) is 0. The molecule has 3 aromatic rings. The molecule has 0 amide bonds. The van der Waals surface area contributed by atoms with Gasteiger partial charge >= 0.3 is 0 Å². The van der Waals surface area contributed by atoms with Crippen molar-refractivity contribution in [1.29, 1.82) is 0 Å². The van der Waals surface area contributed by atoms with E-state index in [9.17, 15) is 0 Å². The summed E-state index contributed by atoms with van der Waals surface area (Å²) in [6.07, 6.45) is 6.16. The zero-order valence-electron chi connectivity index (χ0n) is 18.4. The average molecular weight is 429 g/mol. The molecule has 1 aliphatic carbocycles. The quantitative estimate of drug-likeness (QED) is 0.369. The van der Waals surface area contributed by atoms with E-state index < -0.39 is 0 Å². The fraction of sp³-hybridized carbons (Fsp3) is 0.241. The molecule has 0 saturated carbocycles. The first kappa shape index (κ1) is 21.5. The van der Waals surface area contributed by atoms with E-state index in [2.05, 4.69) is 75.0 Å². The molecule has 1 nitrogen and oxygen atoms in total. The van der Waals surface area contributed by atoms with Crippen molar-refractivity contribution in [2.75, 3.05) is 0 Å². The summed E-state index contributed by atoms with van der Waals surface area (Å²) >= 11 is 6.53. The van der Waals surface area contributed by atoms with Crippen LogP contribution in [0.3, 0.4) is 0 Å². The second kappa shape index (κ2) is 9.58. The molecular formula is C29H29ClO. The van der Waals surface area contributed by atoms with Gasteiger partial charge in [0.2, 0.25) is 0 Å². The summed E-state index contributed by atoms with van der Waals surface area (Å²) in [5.74, 6) is 0.931. The van der Waals surface area contributed by atoms with E-state index in [0.29, 0.717) is 6.61 Å². The molecule has 2 heteroatoms. The number of hydrogen-bond donors (Lipinski definition) is 0. The van der Waals surface area contributed by atoms with E-state index in [1.807, 2.05) is 12.1 Å². The first-order chi connectivity index (χ1) is 15.1. The van der Waals surface area contributed by atoms with Gasteiger partial charge in [-0.1, -0.05) is 93.1 Å². The minimum Gasteiger partial charge on any atom is -0.488 e. The first-order valence-electron chi connectivity index (χ1n) is 11.1. The zero-order chi connectivity index (χ0) is 21.8. The number of benzene rings is 3. The van der Waals surface area contributed by atoms with E-state index in [-0.39, 0.29) is 0 Å². The molecule has 4 rings (SSSR count). The fourth-order valence-electron chi connectivity index (χ4n) is 4.17. The minimum absolute atomic E-state index is 0.554. The van der Waals surface area contributed by atoms with Crippen LogP contribution in [0.5, 0.6) is 5.75 Å². The molecule has 0 aromatic heterocycles. The monoisotopic (exact) mass is 428 g/mol. The van der Waals surface area contributed by atoms with Crippen LogP contribution in [-0.4, -0.2) is 0 Å². The smallest absolute Gasteiger partial charge is 0.127 e. The van der Waals surface area contributed by atoms with Crippen LogP contribution in [0.25, 0.3) is 11.1 Å². The van der Waals surface area contributed by atoms with Crippen LogP contribution in [-0.2, 0) is 25.9 Å². The Labute approximate surface area is 191 Å². The van der Waals surface area contributed by atoms with Crippen LogP contribution < -0.4 is 4.74 Å². The second-order valence-electron chi connectivity index (χ2n) is 8.18. The molecule has 3 aromatic carbocycles. The number of aryl methyl sites for hydroxylation is 2. The lowest BCUT2D eigenvalue weighted by atomic mass is 9.85. The molecule has 0 N–H and O–H groups in total. The summed E-state index contributed by atoms with van der Waals surface area (Å²) in [6.45, 7) is 9.22. The van der Waals surface area contributed by atoms with Crippen LogP contribution in [0, 0.1) is 0 Å². The Hall–Kier alpha value is -2.77. The lowest BCUT2D eigenvalue weighted by Crippen LogP contribution is -2.05. The predicted molar refractivity (Wildman–Crippen MR) is 133 cm³/mol. The maximum Gasteiger partial charge on any atom is 0.127 e.